The van der Waals surface area contributed by atoms with E-state index in [2.05, 4.69) is 63.9 Å². The molecule has 1 aliphatic carbocycles. The molecule has 1 aliphatic rings. The Morgan fingerprint density at radius 2 is 1.65 bits per heavy atom. The van der Waals surface area contributed by atoms with Crippen molar-refractivity contribution in [2.75, 3.05) is 6.54 Å². The van der Waals surface area contributed by atoms with Crippen molar-refractivity contribution < 1.29 is 9.53 Å². The zero-order chi connectivity index (χ0) is 19.8. The smallest absolute Gasteiger partial charge is 0.408 e. The van der Waals surface area contributed by atoms with E-state index in [9.17, 15) is 4.79 Å². The van der Waals surface area contributed by atoms with Gasteiger partial charge in [-0.3, -0.25) is 0 Å². The van der Waals surface area contributed by atoms with Gasteiger partial charge in [-0.25, -0.2) is 4.79 Å². The van der Waals surface area contributed by atoms with Gasteiger partial charge < -0.3 is 10.1 Å². The minimum atomic E-state index is -0.495. The van der Waals surface area contributed by atoms with Gasteiger partial charge in [-0.05, 0) is 74.1 Å². The summed E-state index contributed by atoms with van der Waals surface area (Å²) in [7, 11) is 0. The number of nitrogens with one attached hydrogen (secondary N) is 1. The van der Waals surface area contributed by atoms with Gasteiger partial charge in [0, 0.05) is 5.56 Å². The molecule has 0 aromatic heterocycles. The SMILES string of the molecule is Cc1cc2c(cc1C#CCNC(=O)OC(C)(C)C)C(C)(C)CCC2(C)C. The molecule has 0 spiro atoms. The highest BCUT2D eigenvalue weighted by molar-refractivity contribution is 5.68. The number of ether oxygens (including phenoxy) is 1. The summed E-state index contributed by atoms with van der Waals surface area (Å²) in [6.07, 6.45) is 1.96. The number of amides is 1. The van der Waals surface area contributed by atoms with Crippen LogP contribution in [0.25, 0.3) is 0 Å². The van der Waals surface area contributed by atoms with Crippen LogP contribution < -0.4 is 5.32 Å². The second-order valence-corrected chi connectivity index (χ2v) is 9.64. The average Bonchev–Trinajstić information content (AvgIpc) is 2.47. The zero-order valence-electron chi connectivity index (χ0n) is 17.6. The van der Waals surface area contributed by atoms with Crippen LogP contribution >= 0.6 is 0 Å². The molecular weight excluding hydrogens is 322 g/mol. The molecule has 1 aromatic carbocycles. The zero-order valence-corrected chi connectivity index (χ0v) is 17.6. The van der Waals surface area contributed by atoms with Gasteiger partial charge in [-0.2, -0.15) is 0 Å². The minimum Gasteiger partial charge on any atom is -0.444 e. The number of carbonyl (C=O) groups is 1. The number of hydrogen-bond acceptors (Lipinski definition) is 2. The van der Waals surface area contributed by atoms with Crippen molar-refractivity contribution in [2.45, 2.75) is 84.7 Å². The summed E-state index contributed by atoms with van der Waals surface area (Å²) < 4.78 is 5.22. The lowest BCUT2D eigenvalue weighted by Gasteiger charge is -2.42. The summed E-state index contributed by atoms with van der Waals surface area (Å²) in [6, 6.07) is 4.56. The van der Waals surface area contributed by atoms with Gasteiger partial charge in [0.05, 0.1) is 6.54 Å². The van der Waals surface area contributed by atoms with Crippen molar-refractivity contribution in [3.05, 3.63) is 34.4 Å². The number of carbonyl (C=O) groups excluding carboxylic acids is 1. The molecule has 0 heterocycles. The van der Waals surface area contributed by atoms with E-state index >= 15 is 0 Å². The van der Waals surface area contributed by atoms with Crippen LogP contribution in [0.5, 0.6) is 0 Å². The molecule has 2 rings (SSSR count). The van der Waals surface area contributed by atoms with Crippen LogP contribution in [0.1, 0.15) is 83.6 Å². The molecule has 0 aliphatic heterocycles. The Morgan fingerprint density at radius 1 is 1.12 bits per heavy atom. The average molecular weight is 356 g/mol. The number of fused-ring (bicyclic) bond motifs is 1. The van der Waals surface area contributed by atoms with E-state index in [1.54, 1.807) is 0 Å². The molecule has 0 atom stereocenters. The van der Waals surface area contributed by atoms with Gasteiger partial charge in [0.25, 0.3) is 0 Å². The third-order valence-electron chi connectivity index (χ3n) is 5.14. The second kappa shape index (κ2) is 6.99. The van der Waals surface area contributed by atoms with E-state index < -0.39 is 11.7 Å². The lowest BCUT2D eigenvalue weighted by molar-refractivity contribution is 0.0535. The molecular formula is C23H33NO2. The maximum Gasteiger partial charge on any atom is 0.408 e. The number of aryl methyl sites for hydroxylation is 1. The number of rotatable bonds is 1. The van der Waals surface area contributed by atoms with E-state index in [1.165, 1.54) is 29.5 Å². The van der Waals surface area contributed by atoms with Crippen LogP contribution in [-0.4, -0.2) is 18.2 Å². The first-order chi connectivity index (χ1) is 11.8. The van der Waals surface area contributed by atoms with Crippen molar-refractivity contribution >= 4 is 6.09 Å². The second-order valence-electron chi connectivity index (χ2n) is 9.64. The molecule has 3 heteroatoms. The number of benzene rings is 1. The minimum absolute atomic E-state index is 0.170. The van der Waals surface area contributed by atoms with Crippen LogP contribution in [-0.2, 0) is 15.6 Å². The Balaban J connectivity index is 2.19. The molecule has 0 saturated heterocycles. The molecule has 0 unspecified atom stereocenters. The Kier molecular flexibility index (Phi) is 5.47. The molecule has 0 fully saturated rings. The predicted octanol–water partition coefficient (Wildman–Crippen LogP) is 5.22. The van der Waals surface area contributed by atoms with Crippen molar-refractivity contribution in [1.82, 2.24) is 5.32 Å². The maximum atomic E-state index is 11.7. The normalized spacial score (nSPS) is 17.5. The quantitative estimate of drug-likeness (QED) is 0.701. The first-order valence-electron chi connectivity index (χ1n) is 9.43. The molecule has 0 radical (unpaired) electrons. The summed E-state index contributed by atoms with van der Waals surface area (Å²) in [5, 5.41) is 2.69. The first-order valence-corrected chi connectivity index (χ1v) is 9.43. The van der Waals surface area contributed by atoms with Crippen molar-refractivity contribution in [2.24, 2.45) is 0 Å². The highest BCUT2D eigenvalue weighted by atomic mass is 16.6. The molecule has 0 bridgehead atoms. The lowest BCUT2D eigenvalue weighted by Crippen LogP contribution is -2.34. The standard InChI is InChI=1S/C23H33NO2/c1-16-14-18-19(23(7,8)12-11-22(18,5)6)15-17(16)10-9-13-24-20(25)26-21(2,3)4/h14-15H,11-13H2,1-8H3,(H,24,25). The van der Waals surface area contributed by atoms with E-state index in [4.69, 9.17) is 4.74 Å². The topological polar surface area (TPSA) is 38.3 Å². The number of hydrogen-bond donors (Lipinski definition) is 1. The fraction of sp³-hybridized carbons (Fsp3) is 0.609. The van der Waals surface area contributed by atoms with E-state index in [0.717, 1.165) is 5.56 Å². The van der Waals surface area contributed by atoms with Crippen LogP contribution in [0.2, 0.25) is 0 Å². The fourth-order valence-corrected chi connectivity index (χ4v) is 3.43. The van der Waals surface area contributed by atoms with Gasteiger partial charge >= 0.3 is 6.09 Å². The van der Waals surface area contributed by atoms with Gasteiger partial charge in [-0.1, -0.05) is 45.6 Å². The number of alkyl carbamates (subject to hydrolysis) is 1. The highest BCUT2D eigenvalue weighted by Gasteiger charge is 2.37. The molecule has 1 amide bonds. The van der Waals surface area contributed by atoms with Crippen LogP contribution in [0.3, 0.4) is 0 Å². The van der Waals surface area contributed by atoms with Gasteiger partial charge in [0.1, 0.15) is 5.60 Å². The summed E-state index contributed by atoms with van der Waals surface area (Å²) in [4.78, 5) is 11.7. The molecule has 142 valence electrons. The van der Waals surface area contributed by atoms with Crippen LogP contribution in [0.4, 0.5) is 4.79 Å². The van der Waals surface area contributed by atoms with Gasteiger partial charge in [-0.15, -0.1) is 0 Å². The Labute approximate surface area is 158 Å². The van der Waals surface area contributed by atoms with Crippen molar-refractivity contribution in [3.63, 3.8) is 0 Å². The Hall–Kier alpha value is -1.95. The predicted molar refractivity (Wildman–Crippen MR) is 108 cm³/mol. The third kappa shape index (κ3) is 4.81. The fourth-order valence-electron chi connectivity index (χ4n) is 3.43. The largest absolute Gasteiger partial charge is 0.444 e. The third-order valence-corrected chi connectivity index (χ3v) is 5.14. The van der Waals surface area contributed by atoms with E-state index in [1.807, 2.05) is 20.8 Å². The Bertz CT molecular complexity index is 755. The molecule has 26 heavy (non-hydrogen) atoms. The maximum absolute atomic E-state index is 11.7. The van der Waals surface area contributed by atoms with Gasteiger partial charge in [0.15, 0.2) is 0 Å². The monoisotopic (exact) mass is 355 g/mol. The van der Waals surface area contributed by atoms with Crippen molar-refractivity contribution in [1.29, 1.82) is 0 Å². The van der Waals surface area contributed by atoms with E-state index in [-0.39, 0.29) is 17.4 Å². The molecule has 1 N–H and O–H groups in total. The molecule has 1 aromatic rings. The molecule has 3 nitrogen and oxygen atoms in total. The first kappa shape index (κ1) is 20.4. The lowest BCUT2D eigenvalue weighted by atomic mass is 9.62. The molecule has 0 saturated carbocycles. The Morgan fingerprint density at radius 3 is 2.19 bits per heavy atom. The van der Waals surface area contributed by atoms with E-state index in [0.29, 0.717) is 0 Å². The summed E-state index contributed by atoms with van der Waals surface area (Å²) >= 11 is 0. The van der Waals surface area contributed by atoms with Gasteiger partial charge in [0.2, 0.25) is 0 Å². The highest BCUT2D eigenvalue weighted by Crippen LogP contribution is 2.46. The van der Waals surface area contributed by atoms with Crippen LogP contribution in [0.15, 0.2) is 12.1 Å². The summed E-state index contributed by atoms with van der Waals surface area (Å²) in [5.41, 5.74) is 4.97. The van der Waals surface area contributed by atoms with Crippen LogP contribution in [0, 0.1) is 18.8 Å². The van der Waals surface area contributed by atoms with Crippen molar-refractivity contribution in [3.8, 4) is 11.8 Å². The summed E-state index contributed by atoms with van der Waals surface area (Å²) in [6.45, 7) is 17.2. The summed E-state index contributed by atoms with van der Waals surface area (Å²) in [5.74, 6) is 6.28.